The van der Waals surface area contributed by atoms with Crippen LogP contribution in [0.5, 0.6) is 0 Å². The van der Waals surface area contributed by atoms with Gasteiger partial charge in [-0.15, -0.1) is 0 Å². The molecule has 0 atom stereocenters. The number of nitrogens with zero attached hydrogens (tertiary/aromatic N) is 3. The minimum absolute atomic E-state index is 0.0971. The number of aromatic nitrogens is 2. The fourth-order valence-corrected chi connectivity index (χ4v) is 2.27. The maximum absolute atomic E-state index is 11.4. The predicted molar refractivity (Wildman–Crippen MR) is 72.6 cm³/mol. The highest BCUT2D eigenvalue weighted by atomic mass is 32.2. The van der Waals surface area contributed by atoms with Gasteiger partial charge in [-0.05, 0) is 19.1 Å². The molecule has 2 aromatic rings. The molecule has 0 fully saturated rings. The summed E-state index contributed by atoms with van der Waals surface area (Å²) in [6.45, 7) is 1.75. The van der Waals surface area contributed by atoms with Crippen molar-refractivity contribution in [1.29, 1.82) is 0 Å². The summed E-state index contributed by atoms with van der Waals surface area (Å²) in [7, 11) is -3.51. The van der Waals surface area contributed by atoms with E-state index in [4.69, 9.17) is 4.52 Å². The Morgan fingerprint density at radius 2 is 2.14 bits per heavy atom. The zero-order valence-electron chi connectivity index (χ0n) is 11.2. The summed E-state index contributed by atoms with van der Waals surface area (Å²) < 4.78 is 27.7. The Bertz CT molecular complexity index is 784. The number of sulfone groups is 1. The van der Waals surface area contributed by atoms with Gasteiger partial charge >= 0.3 is 0 Å². The lowest BCUT2D eigenvalue weighted by Crippen LogP contribution is -2.05. The Hall–Kier alpha value is -2.49. The second-order valence-electron chi connectivity index (χ2n) is 4.30. The van der Waals surface area contributed by atoms with Gasteiger partial charge in [0.15, 0.2) is 15.7 Å². The summed E-state index contributed by atoms with van der Waals surface area (Å²) in [6.07, 6.45) is 0.986. The number of hydrogen-bond donors (Lipinski definition) is 1. The molecule has 1 aromatic heterocycles. The standard InChI is InChI=1S/C11H12N4O5S/c1-7-13-11(20-14-7)6-12-9-4-3-8(21(2,18)19)5-10(9)15(16)17/h3-5,12H,6H2,1-2H3. The number of anilines is 1. The molecule has 1 heterocycles. The highest BCUT2D eigenvalue weighted by Gasteiger charge is 2.19. The molecule has 2 rings (SSSR count). The molecule has 1 aromatic carbocycles. The Morgan fingerprint density at radius 1 is 1.43 bits per heavy atom. The molecule has 9 nitrogen and oxygen atoms in total. The maximum atomic E-state index is 11.4. The SMILES string of the molecule is Cc1noc(CNc2ccc(S(C)(=O)=O)cc2[N+](=O)[O-])n1. The molecule has 10 heteroatoms. The van der Waals surface area contributed by atoms with Gasteiger partial charge in [0, 0.05) is 12.3 Å². The van der Waals surface area contributed by atoms with Gasteiger partial charge in [0.25, 0.3) is 5.69 Å². The van der Waals surface area contributed by atoms with Crippen molar-refractivity contribution < 1.29 is 17.9 Å². The van der Waals surface area contributed by atoms with E-state index in [0.29, 0.717) is 5.82 Å². The summed E-state index contributed by atoms with van der Waals surface area (Å²) in [5.74, 6) is 0.725. The van der Waals surface area contributed by atoms with E-state index in [1.807, 2.05) is 0 Å². The first kappa shape index (κ1) is 14.9. The van der Waals surface area contributed by atoms with Crippen molar-refractivity contribution in [2.75, 3.05) is 11.6 Å². The smallest absolute Gasteiger partial charge is 0.293 e. The van der Waals surface area contributed by atoms with E-state index >= 15 is 0 Å². The fourth-order valence-electron chi connectivity index (χ4n) is 1.63. The third-order valence-electron chi connectivity index (χ3n) is 2.59. The Labute approximate surface area is 120 Å². The van der Waals surface area contributed by atoms with Gasteiger partial charge < -0.3 is 9.84 Å². The molecule has 0 saturated heterocycles. The van der Waals surface area contributed by atoms with Crippen LogP contribution in [0.3, 0.4) is 0 Å². The molecule has 0 aliphatic rings. The monoisotopic (exact) mass is 312 g/mol. The molecule has 0 radical (unpaired) electrons. The predicted octanol–water partition coefficient (Wildman–Crippen LogP) is 1.30. The molecule has 0 amide bonds. The van der Waals surface area contributed by atoms with Gasteiger partial charge in [-0.3, -0.25) is 10.1 Å². The minimum atomic E-state index is -3.51. The maximum Gasteiger partial charge on any atom is 0.293 e. The van der Waals surface area contributed by atoms with E-state index in [0.717, 1.165) is 12.3 Å². The van der Waals surface area contributed by atoms with Crippen LogP contribution in [-0.2, 0) is 16.4 Å². The fraction of sp³-hybridized carbons (Fsp3) is 0.273. The molecule has 0 unspecified atom stereocenters. The van der Waals surface area contributed by atoms with Crippen LogP contribution >= 0.6 is 0 Å². The number of nitrogens with one attached hydrogen (secondary N) is 1. The lowest BCUT2D eigenvalue weighted by Gasteiger charge is -2.06. The summed E-state index contributed by atoms with van der Waals surface area (Å²) in [5.41, 5.74) is -0.169. The average Bonchev–Trinajstić information content (AvgIpc) is 2.80. The van der Waals surface area contributed by atoms with E-state index in [2.05, 4.69) is 15.5 Å². The number of nitro benzene ring substituents is 1. The molecular formula is C11H12N4O5S. The van der Waals surface area contributed by atoms with Crippen molar-refractivity contribution in [3.05, 3.63) is 40.0 Å². The van der Waals surface area contributed by atoms with Gasteiger partial charge in [0.1, 0.15) is 5.69 Å². The number of benzene rings is 1. The van der Waals surface area contributed by atoms with Crippen LogP contribution in [0.15, 0.2) is 27.6 Å². The average molecular weight is 312 g/mol. The first-order valence-electron chi connectivity index (χ1n) is 5.79. The quantitative estimate of drug-likeness (QED) is 0.646. The number of rotatable bonds is 5. The molecule has 0 spiro atoms. The van der Waals surface area contributed by atoms with E-state index in [1.54, 1.807) is 6.92 Å². The first-order chi connectivity index (χ1) is 9.77. The van der Waals surface area contributed by atoms with Crippen molar-refractivity contribution in [1.82, 2.24) is 10.1 Å². The topological polar surface area (TPSA) is 128 Å². The molecule has 0 aliphatic heterocycles. The third-order valence-corrected chi connectivity index (χ3v) is 3.70. The van der Waals surface area contributed by atoms with Crippen LogP contribution in [-0.4, -0.2) is 29.7 Å². The molecule has 0 saturated carbocycles. The van der Waals surface area contributed by atoms with Gasteiger partial charge in [0.2, 0.25) is 5.89 Å². The Morgan fingerprint density at radius 3 is 2.67 bits per heavy atom. The lowest BCUT2D eigenvalue weighted by atomic mass is 10.2. The van der Waals surface area contributed by atoms with Crippen LogP contribution in [0.2, 0.25) is 0 Å². The van der Waals surface area contributed by atoms with Crippen molar-refractivity contribution in [2.24, 2.45) is 0 Å². The van der Waals surface area contributed by atoms with Crippen molar-refractivity contribution in [3.8, 4) is 0 Å². The van der Waals surface area contributed by atoms with Gasteiger partial charge in [0.05, 0.1) is 16.4 Å². The highest BCUT2D eigenvalue weighted by molar-refractivity contribution is 7.90. The van der Waals surface area contributed by atoms with Crippen molar-refractivity contribution >= 4 is 21.2 Å². The van der Waals surface area contributed by atoms with Crippen LogP contribution in [0.1, 0.15) is 11.7 Å². The van der Waals surface area contributed by atoms with Crippen LogP contribution in [0, 0.1) is 17.0 Å². The molecular weight excluding hydrogens is 300 g/mol. The van der Waals surface area contributed by atoms with Crippen molar-refractivity contribution in [3.63, 3.8) is 0 Å². The second kappa shape index (κ2) is 5.48. The van der Waals surface area contributed by atoms with E-state index in [-0.39, 0.29) is 28.7 Å². The zero-order chi connectivity index (χ0) is 15.6. The highest BCUT2D eigenvalue weighted by Crippen LogP contribution is 2.27. The number of hydrogen-bond acceptors (Lipinski definition) is 8. The normalized spacial score (nSPS) is 11.3. The van der Waals surface area contributed by atoms with Gasteiger partial charge in [-0.1, -0.05) is 5.16 Å². The van der Waals surface area contributed by atoms with Gasteiger partial charge in [-0.2, -0.15) is 4.98 Å². The molecule has 112 valence electrons. The molecule has 0 aliphatic carbocycles. The third kappa shape index (κ3) is 3.54. The summed E-state index contributed by atoms with van der Waals surface area (Å²) in [5, 5.41) is 17.4. The van der Waals surface area contributed by atoms with E-state index < -0.39 is 14.8 Å². The van der Waals surface area contributed by atoms with E-state index in [1.165, 1.54) is 12.1 Å². The van der Waals surface area contributed by atoms with Crippen LogP contribution in [0.25, 0.3) is 0 Å². The number of nitro groups is 1. The summed E-state index contributed by atoms with van der Waals surface area (Å²) in [4.78, 5) is 14.2. The summed E-state index contributed by atoms with van der Waals surface area (Å²) >= 11 is 0. The molecule has 1 N–H and O–H groups in total. The van der Waals surface area contributed by atoms with Crippen LogP contribution in [0.4, 0.5) is 11.4 Å². The van der Waals surface area contributed by atoms with Crippen molar-refractivity contribution in [2.45, 2.75) is 18.4 Å². The Kier molecular flexibility index (Phi) is 3.89. The van der Waals surface area contributed by atoms with E-state index in [9.17, 15) is 18.5 Å². The minimum Gasteiger partial charge on any atom is -0.371 e. The second-order valence-corrected chi connectivity index (χ2v) is 6.31. The largest absolute Gasteiger partial charge is 0.371 e. The summed E-state index contributed by atoms with van der Waals surface area (Å²) in [6, 6.07) is 3.64. The van der Waals surface area contributed by atoms with Crippen LogP contribution < -0.4 is 5.32 Å². The zero-order valence-corrected chi connectivity index (χ0v) is 12.0. The number of aryl methyl sites for hydroxylation is 1. The molecule has 0 bridgehead atoms. The van der Waals surface area contributed by atoms with Gasteiger partial charge in [-0.25, -0.2) is 8.42 Å². The Balaban J connectivity index is 2.28. The molecule has 21 heavy (non-hydrogen) atoms. The first-order valence-corrected chi connectivity index (χ1v) is 7.68. The lowest BCUT2D eigenvalue weighted by molar-refractivity contribution is -0.384.